The molecule has 3 aromatic rings. The summed E-state index contributed by atoms with van der Waals surface area (Å²) in [6.45, 7) is 1.52. The summed E-state index contributed by atoms with van der Waals surface area (Å²) in [5, 5.41) is 13.7. The van der Waals surface area contributed by atoms with Gasteiger partial charge in [-0.1, -0.05) is 6.07 Å². The van der Waals surface area contributed by atoms with Gasteiger partial charge in [-0.2, -0.15) is 22.7 Å². The SMILES string of the molecule is CC(Oc1cc(-n2nc(C(F)(F)F)c3c2[C@@H](OC24CCC(C(=O)O)(CC2)CC4)CCC3)cnc1F)c1ccc2c(c1)OC(F)(F)O2. The van der Waals surface area contributed by atoms with Crippen LogP contribution in [0.2, 0.25) is 0 Å². The maximum absolute atomic E-state index is 14.9. The van der Waals surface area contributed by atoms with Crippen molar-refractivity contribution in [3.05, 3.63) is 58.9 Å². The molecule has 2 bridgehead atoms. The topological polar surface area (TPSA) is 105 Å². The second kappa shape index (κ2) is 10.5. The molecule has 3 heterocycles. The Morgan fingerprint density at radius 1 is 1.09 bits per heavy atom. The largest absolute Gasteiger partial charge is 0.586 e. The van der Waals surface area contributed by atoms with Crippen LogP contribution in [0, 0.1) is 11.4 Å². The highest BCUT2D eigenvalue weighted by molar-refractivity contribution is 5.75. The first kappa shape index (κ1) is 30.6. The van der Waals surface area contributed by atoms with Gasteiger partial charge in [-0.15, -0.1) is 8.78 Å². The van der Waals surface area contributed by atoms with Gasteiger partial charge in [-0.05, 0) is 82.4 Å². The molecule has 2 atom stereocenters. The monoisotopic (exact) mass is 653 g/mol. The number of hydrogen-bond acceptors (Lipinski definition) is 7. The van der Waals surface area contributed by atoms with E-state index in [9.17, 15) is 36.2 Å². The number of halogens is 6. The highest BCUT2D eigenvalue weighted by Crippen LogP contribution is 2.56. The summed E-state index contributed by atoms with van der Waals surface area (Å²) >= 11 is 0. The predicted octanol–water partition coefficient (Wildman–Crippen LogP) is 7.46. The summed E-state index contributed by atoms with van der Waals surface area (Å²) in [5.74, 6) is -2.69. The molecule has 1 N–H and O–H groups in total. The summed E-state index contributed by atoms with van der Waals surface area (Å²) in [6.07, 6.45) is -5.55. The number of aliphatic carboxylic acids is 1. The van der Waals surface area contributed by atoms with Crippen LogP contribution in [-0.4, -0.2) is 37.7 Å². The number of carboxylic acid groups (broad SMARTS) is 1. The third-order valence-corrected chi connectivity index (χ3v) is 9.75. The van der Waals surface area contributed by atoms with Crippen LogP contribution in [0.3, 0.4) is 0 Å². The summed E-state index contributed by atoms with van der Waals surface area (Å²) in [4.78, 5) is 15.6. The number of benzene rings is 1. The zero-order chi connectivity index (χ0) is 32.6. The van der Waals surface area contributed by atoms with Gasteiger partial charge >= 0.3 is 18.4 Å². The number of carboxylic acids is 1. The van der Waals surface area contributed by atoms with Gasteiger partial charge < -0.3 is 24.1 Å². The van der Waals surface area contributed by atoms with Gasteiger partial charge in [0.15, 0.2) is 22.9 Å². The van der Waals surface area contributed by atoms with Crippen LogP contribution < -0.4 is 14.2 Å². The first-order valence-corrected chi connectivity index (χ1v) is 15.0. The smallest absolute Gasteiger partial charge is 0.481 e. The van der Waals surface area contributed by atoms with Gasteiger partial charge in [-0.25, -0.2) is 9.67 Å². The van der Waals surface area contributed by atoms with Crippen LogP contribution in [0.25, 0.3) is 5.69 Å². The Kier molecular flexibility index (Phi) is 7.00. The van der Waals surface area contributed by atoms with E-state index in [1.54, 1.807) is 0 Å². The van der Waals surface area contributed by atoms with Crippen molar-refractivity contribution in [2.45, 2.75) is 95.0 Å². The van der Waals surface area contributed by atoms with E-state index >= 15 is 0 Å². The van der Waals surface area contributed by atoms with Crippen LogP contribution >= 0.6 is 0 Å². The molecular weight excluding hydrogens is 624 g/mol. The number of fused-ring (bicyclic) bond motifs is 5. The molecule has 1 aromatic carbocycles. The number of pyridine rings is 1. The highest BCUT2D eigenvalue weighted by atomic mass is 19.4. The molecule has 3 fully saturated rings. The van der Waals surface area contributed by atoms with Gasteiger partial charge in [0.05, 0.1) is 28.6 Å². The average Bonchev–Trinajstić information content (AvgIpc) is 3.56. The Labute approximate surface area is 258 Å². The number of rotatable bonds is 7. The zero-order valence-electron chi connectivity index (χ0n) is 24.5. The number of carbonyl (C=O) groups is 1. The number of aromatic nitrogens is 3. The number of hydrogen-bond donors (Lipinski definition) is 1. The van der Waals surface area contributed by atoms with Crippen molar-refractivity contribution < 1.29 is 55.2 Å². The van der Waals surface area contributed by atoms with E-state index in [1.165, 1.54) is 31.2 Å². The maximum Gasteiger partial charge on any atom is 0.586 e. The number of nitrogens with zero attached hydrogens (tertiary/aromatic N) is 3. The highest BCUT2D eigenvalue weighted by Gasteiger charge is 2.55. The molecule has 1 aliphatic heterocycles. The summed E-state index contributed by atoms with van der Waals surface area (Å²) in [7, 11) is 0. The van der Waals surface area contributed by atoms with Crippen molar-refractivity contribution >= 4 is 5.97 Å². The Morgan fingerprint density at radius 2 is 1.78 bits per heavy atom. The van der Waals surface area contributed by atoms with Crippen molar-refractivity contribution in [3.63, 3.8) is 0 Å². The quantitative estimate of drug-likeness (QED) is 0.207. The van der Waals surface area contributed by atoms with E-state index < -0.39 is 59.1 Å². The van der Waals surface area contributed by atoms with Crippen molar-refractivity contribution in [2.75, 3.05) is 0 Å². The van der Waals surface area contributed by atoms with Gasteiger partial charge in [-0.3, -0.25) is 4.79 Å². The first-order valence-electron chi connectivity index (χ1n) is 15.0. The van der Waals surface area contributed by atoms with Gasteiger partial charge in [0.2, 0.25) is 0 Å². The lowest BCUT2D eigenvalue weighted by molar-refractivity contribution is -0.286. The van der Waals surface area contributed by atoms with Crippen LogP contribution in [0.5, 0.6) is 17.2 Å². The average molecular weight is 654 g/mol. The standard InChI is InChI=1S/C31H29F6N3O6/c1-16(17-5-6-20-22(13-17)46-31(36,37)45-20)43-23-14-18(15-38-26(23)32)40-24-19(25(39-40)30(33,34)35)3-2-4-21(24)44-29-10-7-28(8-11-29,9-12-29)27(41)42/h5-6,13-16,21H,2-4,7-12H2,1H3,(H,41,42)/t16?,21-,28?,29?/m0/s1. The zero-order valence-corrected chi connectivity index (χ0v) is 24.5. The van der Waals surface area contributed by atoms with E-state index in [4.69, 9.17) is 9.47 Å². The van der Waals surface area contributed by atoms with Crippen molar-refractivity contribution in [1.82, 2.24) is 14.8 Å². The first-order chi connectivity index (χ1) is 21.7. The Bertz CT molecular complexity index is 1680. The molecule has 1 unspecified atom stereocenters. The van der Waals surface area contributed by atoms with E-state index in [0.717, 1.165) is 10.9 Å². The lowest BCUT2D eigenvalue weighted by atomic mass is 9.58. The van der Waals surface area contributed by atoms with Crippen molar-refractivity contribution in [2.24, 2.45) is 5.41 Å². The molecule has 46 heavy (non-hydrogen) atoms. The normalized spacial score (nSPS) is 26.9. The Balaban J connectivity index is 1.20. The molecule has 246 valence electrons. The molecule has 9 nitrogen and oxygen atoms in total. The van der Waals surface area contributed by atoms with E-state index in [1.807, 2.05) is 0 Å². The van der Waals surface area contributed by atoms with Crippen molar-refractivity contribution in [3.8, 4) is 22.9 Å². The molecule has 0 saturated heterocycles. The second-order valence-electron chi connectivity index (χ2n) is 12.5. The summed E-state index contributed by atoms with van der Waals surface area (Å²) in [6, 6.07) is 5.13. The minimum Gasteiger partial charge on any atom is -0.481 e. The van der Waals surface area contributed by atoms with Gasteiger partial charge in [0.1, 0.15) is 12.2 Å². The van der Waals surface area contributed by atoms with Crippen LogP contribution in [0.15, 0.2) is 30.5 Å². The fourth-order valence-corrected chi connectivity index (χ4v) is 7.22. The number of ether oxygens (including phenoxy) is 4. The van der Waals surface area contributed by atoms with Crippen molar-refractivity contribution in [1.29, 1.82) is 0 Å². The Morgan fingerprint density at radius 3 is 2.46 bits per heavy atom. The minimum absolute atomic E-state index is 0.00543. The molecule has 4 aliphatic carbocycles. The van der Waals surface area contributed by atoms with E-state index in [0.29, 0.717) is 56.9 Å². The Hall–Kier alpha value is -4.01. The fourth-order valence-electron chi connectivity index (χ4n) is 7.22. The molecule has 0 amide bonds. The lowest BCUT2D eigenvalue weighted by Crippen LogP contribution is -2.51. The van der Waals surface area contributed by atoms with Gasteiger partial charge in [0.25, 0.3) is 5.95 Å². The molecule has 0 radical (unpaired) electrons. The lowest BCUT2D eigenvalue weighted by Gasteiger charge is -2.52. The third kappa shape index (κ3) is 5.21. The molecule has 0 spiro atoms. The van der Waals surface area contributed by atoms with Crippen LogP contribution in [0.1, 0.15) is 93.0 Å². The molecular formula is C31H29F6N3O6. The minimum atomic E-state index is -4.77. The molecule has 5 aliphatic rings. The van der Waals surface area contributed by atoms with E-state index in [2.05, 4.69) is 19.6 Å². The third-order valence-electron chi connectivity index (χ3n) is 9.75. The molecule has 2 aromatic heterocycles. The fraction of sp³-hybridized carbons (Fsp3) is 0.516. The second-order valence-corrected chi connectivity index (χ2v) is 12.5. The molecule has 15 heteroatoms. The van der Waals surface area contributed by atoms with E-state index in [-0.39, 0.29) is 34.9 Å². The van der Waals surface area contributed by atoms with Crippen LogP contribution in [0.4, 0.5) is 26.3 Å². The van der Waals surface area contributed by atoms with Gasteiger partial charge in [0, 0.05) is 11.6 Å². The number of alkyl halides is 5. The summed E-state index contributed by atoms with van der Waals surface area (Å²) in [5.41, 5.74) is -1.99. The molecule has 3 saturated carbocycles. The molecule has 8 rings (SSSR count). The maximum atomic E-state index is 14.9. The summed E-state index contributed by atoms with van der Waals surface area (Å²) < 4.78 is 107. The van der Waals surface area contributed by atoms with Crippen LogP contribution in [-0.2, 0) is 22.1 Å². The predicted molar refractivity (Wildman–Crippen MR) is 145 cm³/mol.